The van der Waals surface area contributed by atoms with Gasteiger partial charge in [0.1, 0.15) is 17.3 Å². The third-order valence-corrected chi connectivity index (χ3v) is 4.05. The molecular weight excluding hydrogens is 362 g/mol. The maximum absolute atomic E-state index is 12.5. The minimum atomic E-state index is -0.737. The molecule has 28 heavy (non-hydrogen) atoms. The molecule has 0 fully saturated rings. The Bertz CT molecular complexity index is 993. The van der Waals surface area contributed by atoms with Crippen molar-refractivity contribution in [3.63, 3.8) is 0 Å². The number of methoxy groups -OCH3 is 2. The molecule has 0 N–H and O–H groups in total. The molecule has 0 atom stereocenters. The molecule has 0 radical (unpaired) electrons. The van der Waals surface area contributed by atoms with Gasteiger partial charge < -0.3 is 18.6 Å². The lowest BCUT2D eigenvalue weighted by molar-refractivity contribution is 0.0467. The molecule has 3 rings (SSSR count). The Kier molecular flexibility index (Phi) is 5.74. The highest BCUT2D eigenvalue weighted by molar-refractivity contribution is 6.01. The number of nitrogens with zero attached hydrogens (tertiary/aromatic N) is 1. The summed E-state index contributed by atoms with van der Waals surface area (Å²) in [5, 5.41) is 0. The SMILES string of the molecule is COc1ccc(OC)c(C(=O)COC(=O)c2nc(-c3ccccc3)oc2C)c1. The van der Waals surface area contributed by atoms with Gasteiger partial charge >= 0.3 is 5.97 Å². The fourth-order valence-electron chi connectivity index (χ4n) is 2.60. The molecule has 0 aliphatic carbocycles. The summed E-state index contributed by atoms with van der Waals surface area (Å²) >= 11 is 0. The number of oxazole rings is 1. The Morgan fingerprint density at radius 2 is 1.79 bits per heavy atom. The first kappa shape index (κ1) is 19.2. The topological polar surface area (TPSA) is 87.9 Å². The van der Waals surface area contributed by atoms with Crippen LogP contribution in [0.15, 0.2) is 52.9 Å². The van der Waals surface area contributed by atoms with Gasteiger partial charge in [-0.3, -0.25) is 4.79 Å². The van der Waals surface area contributed by atoms with Crippen molar-refractivity contribution in [3.05, 3.63) is 65.5 Å². The van der Waals surface area contributed by atoms with E-state index in [1.54, 1.807) is 19.1 Å². The summed E-state index contributed by atoms with van der Waals surface area (Å²) in [6.45, 7) is 1.15. The Hall–Kier alpha value is -3.61. The minimum absolute atomic E-state index is 0.0317. The number of esters is 1. The first-order valence-corrected chi connectivity index (χ1v) is 8.48. The lowest BCUT2D eigenvalue weighted by Gasteiger charge is -2.09. The molecule has 1 heterocycles. The van der Waals surface area contributed by atoms with Gasteiger partial charge in [0.25, 0.3) is 0 Å². The van der Waals surface area contributed by atoms with Crippen molar-refractivity contribution < 1.29 is 28.2 Å². The Morgan fingerprint density at radius 3 is 2.46 bits per heavy atom. The smallest absolute Gasteiger partial charge is 0.361 e. The Labute approximate surface area is 161 Å². The van der Waals surface area contributed by atoms with E-state index < -0.39 is 18.4 Å². The fraction of sp³-hybridized carbons (Fsp3) is 0.190. The molecule has 1 aromatic heterocycles. The maximum atomic E-state index is 12.5. The van der Waals surface area contributed by atoms with Crippen LogP contribution in [0, 0.1) is 6.92 Å². The summed E-state index contributed by atoms with van der Waals surface area (Å²) in [6.07, 6.45) is 0. The van der Waals surface area contributed by atoms with Crippen LogP contribution < -0.4 is 9.47 Å². The monoisotopic (exact) mass is 381 g/mol. The van der Waals surface area contributed by atoms with Gasteiger partial charge in [-0.15, -0.1) is 0 Å². The molecule has 0 amide bonds. The van der Waals surface area contributed by atoms with Crippen molar-refractivity contribution in [2.45, 2.75) is 6.92 Å². The zero-order valence-corrected chi connectivity index (χ0v) is 15.7. The largest absolute Gasteiger partial charge is 0.497 e. The molecule has 0 bridgehead atoms. The standard InChI is InChI=1S/C21H19NO6/c1-13-19(22-20(28-13)14-7-5-4-6-8-14)21(24)27-12-17(23)16-11-15(25-2)9-10-18(16)26-3/h4-11H,12H2,1-3H3. The number of hydrogen-bond donors (Lipinski definition) is 0. The van der Waals surface area contributed by atoms with Crippen molar-refractivity contribution in [1.29, 1.82) is 0 Å². The summed E-state index contributed by atoms with van der Waals surface area (Å²) in [5.41, 5.74) is 1.03. The summed E-state index contributed by atoms with van der Waals surface area (Å²) in [4.78, 5) is 29.0. The van der Waals surface area contributed by atoms with Crippen molar-refractivity contribution >= 4 is 11.8 Å². The molecule has 2 aromatic carbocycles. The van der Waals surface area contributed by atoms with E-state index in [-0.39, 0.29) is 11.3 Å². The van der Waals surface area contributed by atoms with Crippen molar-refractivity contribution in [2.75, 3.05) is 20.8 Å². The number of aryl methyl sites for hydroxylation is 1. The van der Waals surface area contributed by atoms with Crippen LogP contribution in [0.5, 0.6) is 11.5 Å². The second-order valence-electron chi connectivity index (χ2n) is 5.86. The summed E-state index contributed by atoms with van der Waals surface area (Å²) < 4.78 is 21.0. The Balaban J connectivity index is 1.73. The molecule has 0 saturated heterocycles. The molecular formula is C21H19NO6. The predicted molar refractivity (Wildman–Crippen MR) is 101 cm³/mol. The highest BCUT2D eigenvalue weighted by Crippen LogP contribution is 2.25. The van der Waals surface area contributed by atoms with Gasteiger partial charge in [-0.1, -0.05) is 18.2 Å². The van der Waals surface area contributed by atoms with E-state index in [1.165, 1.54) is 20.3 Å². The second kappa shape index (κ2) is 8.39. The Morgan fingerprint density at radius 1 is 1.04 bits per heavy atom. The lowest BCUT2D eigenvalue weighted by atomic mass is 10.1. The van der Waals surface area contributed by atoms with Gasteiger partial charge in [0.15, 0.2) is 12.3 Å². The number of Topliss-reactive ketones (excluding diaryl/α,β-unsaturated/α-hetero) is 1. The van der Waals surface area contributed by atoms with E-state index in [2.05, 4.69) is 4.98 Å². The highest BCUT2D eigenvalue weighted by Gasteiger charge is 2.22. The van der Waals surface area contributed by atoms with Crippen molar-refractivity contribution in [2.24, 2.45) is 0 Å². The molecule has 0 saturated carbocycles. The summed E-state index contributed by atoms with van der Waals surface area (Å²) in [6, 6.07) is 14.0. The average molecular weight is 381 g/mol. The number of hydrogen-bond acceptors (Lipinski definition) is 7. The summed E-state index contributed by atoms with van der Waals surface area (Å²) in [7, 11) is 2.95. The van der Waals surface area contributed by atoms with Gasteiger partial charge in [-0.05, 0) is 37.3 Å². The van der Waals surface area contributed by atoms with Gasteiger partial charge in [-0.2, -0.15) is 0 Å². The van der Waals surface area contributed by atoms with Gasteiger partial charge in [0.2, 0.25) is 11.7 Å². The molecule has 144 valence electrons. The second-order valence-corrected chi connectivity index (χ2v) is 5.86. The number of carbonyl (C=O) groups is 2. The average Bonchev–Trinajstić information content (AvgIpc) is 3.13. The maximum Gasteiger partial charge on any atom is 0.361 e. The fourth-order valence-corrected chi connectivity index (χ4v) is 2.60. The van der Waals surface area contributed by atoms with Crippen LogP contribution in [-0.2, 0) is 4.74 Å². The molecule has 0 spiro atoms. The first-order valence-electron chi connectivity index (χ1n) is 8.48. The van der Waals surface area contributed by atoms with Gasteiger partial charge in [0.05, 0.1) is 19.8 Å². The molecule has 3 aromatic rings. The predicted octanol–water partition coefficient (Wildman–Crippen LogP) is 3.71. The third kappa shape index (κ3) is 4.03. The van der Waals surface area contributed by atoms with E-state index in [4.69, 9.17) is 18.6 Å². The van der Waals surface area contributed by atoms with E-state index in [1.807, 2.05) is 30.3 Å². The van der Waals surface area contributed by atoms with Crippen molar-refractivity contribution in [1.82, 2.24) is 4.98 Å². The molecule has 0 unspecified atom stereocenters. The van der Waals surface area contributed by atoms with Crippen LogP contribution in [0.1, 0.15) is 26.6 Å². The summed E-state index contributed by atoms with van der Waals surface area (Å²) in [5.74, 6) is 0.328. The zero-order valence-electron chi connectivity index (χ0n) is 15.7. The van der Waals surface area contributed by atoms with Gasteiger partial charge in [-0.25, -0.2) is 9.78 Å². The van der Waals surface area contributed by atoms with Crippen LogP contribution in [0.4, 0.5) is 0 Å². The number of ether oxygens (including phenoxy) is 3. The number of carbonyl (C=O) groups excluding carboxylic acids is 2. The molecule has 0 aliphatic rings. The minimum Gasteiger partial charge on any atom is -0.497 e. The molecule has 0 aliphatic heterocycles. The zero-order chi connectivity index (χ0) is 20.1. The van der Waals surface area contributed by atoms with E-state index in [0.717, 1.165) is 5.56 Å². The van der Waals surface area contributed by atoms with Crippen LogP contribution >= 0.6 is 0 Å². The lowest BCUT2D eigenvalue weighted by Crippen LogP contribution is -2.16. The molecule has 7 nitrogen and oxygen atoms in total. The molecule has 7 heteroatoms. The number of aromatic nitrogens is 1. The van der Waals surface area contributed by atoms with Gasteiger partial charge in [0, 0.05) is 5.56 Å². The number of benzene rings is 2. The van der Waals surface area contributed by atoms with Crippen LogP contribution in [-0.4, -0.2) is 37.6 Å². The quantitative estimate of drug-likeness (QED) is 0.455. The first-order chi connectivity index (χ1) is 13.5. The third-order valence-electron chi connectivity index (χ3n) is 4.05. The van der Waals surface area contributed by atoms with Crippen LogP contribution in [0.3, 0.4) is 0 Å². The normalized spacial score (nSPS) is 10.4. The highest BCUT2D eigenvalue weighted by atomic mass is 16.5. The number of rotatable bonds is 7. The van der Waals surface area contributed by atoms with Crippen LogP contribution in [0.25, 0.3) is 11.5 Å². The van der Waals surface area contributed by atoms with E-state index in [9.17, 15) is 9.59 Å². The van der Waals surface area contributed by atoms with E-state index in [0.29, 0.717) is 23.1 Å². The van der Waals surface area contributed by atoms with Crippen molar-refractivity contribution in [3.8, 4) is 23.0 Å². The van der Waals surface area contributed by atoms with Crippen LogP contribution in [0.2, 0.25) is 0 Å². The van der Waals surface area contributed by atoms with E-state index >= 15 is 0 Å². The number of ketones is 1.